The molecule has 0 aromatic carbocycles. The first kappa shape index (κ1) is 15.7. The molecule has 1 amide bonds. The zero-order valence-electron chi connectivity index (χ0n) is 10.1. The van der Waals surface area contributed by atoms with Gasteiger partial charge in [0.1, 0.15) is 0 Å². The maximum atomic E-state index is 11.5. The summed E-state index contributed by atoms with van der Waals surface area (Å²) in [6, 6.07) is -0.409. The molecule has 1 rings (SSSR count). The summed E-state index contributed by atoms with van der Waals surface area (Å²) in [4.78, 5) is 11.5. The molecule has 3 N–H and O–H groups in total. The van der Waals surface area contributed by atoms with Crippen molar-refractivity contribution in [3.05, 3.63) is 0 Å². The minimum Gasteiger partial charge on any atom is -0.376 e. The lowest BCUT2D eigenvalue weighted by Crippen LogP contribution is -2.46. The Bertz CT molecular complexity index is 206. The van der Waals surface area contributed by atoms with Gasteiger partial charge in [-0.25, -0.2) is 0 Å². The number of hydrogen-bond donors (Lipinski definition) is 2. The Labute approximate surface area is 104 Å². The van der Waals surface area contributed by atoms with Crippen LogP contribution in [-0.2, 0) is 9.53 Å². The van der Waals surface area contributed by atoms with E-state index in [1.165, 1.54) is 6.42 Å². The van der Waals surface area contributed by atoms with Gasteiger partial charge >= 0.3 is 0 Å². The second-order valence-electron chi connectivity index (χ2n) is 4.50. The molecule has 16 heavy (non-hydrogen) atoms. The topological polar surface area (TPSA) is 64.4 Å². The van der Waals surface area contributed by atoms with Crippen LogP contribution < -0.4 is 11.1 Å². The number of amides is 1. The summed E-state index contributed by atoms with van der Waals surface area (Å²) >= 11 is 0. The number of nitrogens with two attached hydrogens (primary N) is 1. The maximum Gasteiger partial charge on any atom is 0.237 e. The molecule has 0 bridgehead atoms. The molecule has 1 heterocycles. The van der Waals surface area contributed by atoms with Crippen LogP contribution in [-0.4, -0.2) is 31.2 Å². The number of ether oxygens (including phenoxy) is 1. The van der Waals surface area contributed by atoms with Crippen molar-refractivity contribution < 1.29 is 9.53 Å². The summed E-state index contributed by atoms with van der Waals surface area (Å²) < 4.78 is 5.51. The van der Waals surface area contributed by atoms with Gasteiger partial charge in [-0.05, 0) is 25.2 Å². The Morgan fingerprint density at radius 1 is 1.50 bits per heavy atom. The lowest BCUT2D eigenvalue weighted by Gasteiger charge is -2.24. The number of hydrogen-bond acceptors (Lipinski definition) is 3. The van der Waals surface area contributed by atoms with E-state index in [9.17, 15) is 4.79 Å². The lowest BCUT2D eigenvalue weighted by molar-refractivity contribution is -0.124. The van der Waals surface area contributed by atoms with Crippen LogP contribution in [0.4, 0.5) is 0 Å². The number of rotatable bonds is 4. The molecule has 4 nitrogen and oxygen atoms in total. The Morgan fingerprint density at radius 3 is 2.69 bits per heavy atom. The summed E-state index contributed by atoms with van der Waals surface area (Å²) in [7, 11) is 0. The fraction of sp³-hybridized carbons (Fsp3) is 0.909. The molecule has 1 fully saturated rings. The zero-order chi connectivity index (χ0) is 11.3. The third kappa shape index (κ3) is 5.14. The first-order chi connectivity index (χ1) is 7.11. The van der Waals surface area contributed by atoms with Crippen LogP contribution >= 0.6 is 12.4 Å². The van der Waals surface area contributed by atoms with Crippen LogP contribution in [0.5, 0.6) is 0 Å². The van der Waals surface area contributed by atoms with Gasteiger partial charge < -0.3 is 15.8 Å². The minimum absolute atomic E-state index is 0. The fourth-order valence-corrected chi connectivity index (χ4v) is 1.60. The van der Waals surface area contributed by atoms with Gasteiger partial charge in [-0.2, -0.15) is 0 Å². The maximum absolute atomic E-state index is 11.5. The van der Waals surface area contributed by atoms with E-state index in [1.54, 1.807) is 0 Å². The van der Waals surface area contributed by atoms with Gasteiger partial charge in [0.05, 0.1) is 12.1 Å². The average molecular weight is 251 g/mol. The van der Waals surface area contributed by atoms with E-state index in [0.29, 0.717) is 6.54 Å². The van der Waals surface area contributed by atoms with Gasteiger partial charge in [0.15, 0.2) is 0 Å². The largest absolute Gasteiger partial charge is 0.376 e. The van der Waals surface area contributed by atoms with E-state index in [-0.39, 0.29) is 30.3 Å². The van der Waals surface area contributed by atoms with Gasteiger partial charge in [0.2, 0.25) is 5.91 Å². The van der Waals surface area contributed by atoms with Crippen molar-refractivity contribution in [3.8, 4) is 0 Å². The first-order valence-corrected chi connectivity index (χ1v) is 5.76. The molecule has 96 valence electrons. The van der Waals surface area contributed by atoms with Gasteiger partial charge in [-0.3, -0.25) is 4.79 Å². The normalized spacial score (nSPS) is 22.4. The Morgan fingerprint density at radius 2 is 2.19 bits per heavy atom. The molecule has 2 unspecified atom stereocenters. The van der Waals surface area contributed by atoms with Crippen molar-refractivity contribution >= 4 is 18.3 Å². The zero-order valence-corrected chi connectivity index (χ0v) is 10.9. The number of carbonyl (C=O) groups is 1. The van der Waals surface area contributed by atoms with Crippen molar-refractivity contribution in [3.63, 3.8) is 0 Å². The highest BCUT2D eigenvalue weighted by molar-refractivity contribution is 5.85. The summed E-state index contributed by atoms with van der Waals surface area (Å²) in [5, 5.41) is 2.84. The minimum atomic E-state index is -0.409. The molecule has 2 atom stereocenters. The first-order valence-electron chi connectivity index (χ1n) is 5.76. The van der Waals surface area contributed by atoms with Gasteiger partial charge in [-0.15, -0.1) is 12.4 Å². The third-order valence-corrected chi connectivity index (χ3v) is 2.80. The molecule has 1 aliphatic heterocycles. The molecule has 0 aliphatic carbocycles. The summed E-state index contributed by atoms with van der Waals surface area (Å²) in [5.74, 6) is 0.108. The number of nitrogens with one attached hydrogen (secondary N) is 1. The predicted octanol–water partition coefficient (Wildman–Crippen LogP) is 1.08. The van der Waals surface area contributed by atoms with E-state index in [4.69, 9.17) is 10.5 Å². The van der Waals surface area contributed by atoms with E-state index in [2.05, 4.69) is 5.32 Å². The molecule has 0 aromatic rings. The fourth-order valence-electron chi connectivity index (χ4n) is 1.60. The molecule has 0 spiro atoms. The highest BCUT2D eigenvalue weighted by Crippen LogP contribution is 2.11. The Kier molecular flexibility index (Phi) is 7.72. The van der Waals surface area contributed by atoms with Gasteiger partial charge in [-0.1, -0.05) is 13.8 Å². The second kappa shape index (κ2) is 7.87. The van der Waals surface area contributed by atoms with Crippen LogP contribution in [0.1, 0.15) is 33.1 Å². The molecule has 0 radical (unpaired) electrons. The van der Waals surface area contributed by atoms with Crippen LogP contribution in [0.3, 0.4) is 0 Å². The predicted molar refractivity (Wildman–Crippen MR) is 66.7 cm³/mol. The van der Waals surface area contributed by atoms with Crippen LogP contribution in [0, 0.1) is 5.92 Å². The van der Waals surface area contributed by atoms with Gasteiger partial charge in [0, 0.05) is 13.2 Å². The van der Waals surface area contributed by atoms with Crippen LogP contribution in [0.2, 0.25) is 0 Å². The highest BCUT2D eigenvalue weighted by atomic mass is 35.5. The van der Waals surface area contributed by atoms with Crippen LogP contribution in [0.25, 0.3) is 0 Å². The quantitative estimate of drug-likeness (QED) is 0.785. The lowest BCUT2D eigenvalue weighted by atomic mass is 10.0. The molecular formula is C11H23ClN2O2. The van der Waals surface area contributed by atoms with Crippen molar-refractivity contribution in [2.75, 3.05) is 13.2 Å². The number of carbonyl (C=O) groups excluding carboxylic acids is 1. The van der Waals surface area contributed by atoms with Crippen molar-refractivity contribution in [2.45, 2.75) is 45.3 Å². The van der Waals surface area contributed by atoms with Crippen molar-refractivity contribution in [2.24, 2.45) is 11.7 Å². The summed E-state index contributed by atoms with van der Waals surface area (Å²) in [6.07, 6.45) is 3.55. The highest BCUT2D eigenvalue weighted by Gasteiger charge is 2.19. The van der Waals surface area contributed by atoms with E-state index < -0.39 is 6.04 Å². The summed E-state index contributed by atoms with van der Waals surface area (Å²) in [6.45, 7) is 5.30. The Balaban J connectivity index is 0.00000225. The molecular weight excluding hydrogens is 228 g/mol. The average Bonchev–Trinajstić information content (AvgIpc) is 2.26. The van der Waals surface area contributed by atoms with E-state index in [0.717, 1.165) is 19.4 Å². The smallest absolute Gasteiger partial charge is 0.237 e. The monoisotopic (exact) mass is 250 g/mol. The SMILES string of the molecule is CC(C)C(N)C(=O)NCC1CCCCO1.Cl. The van der Waals surface area contributed by atoms with Crippen molar-refractivity contribution in [1.82, 2.24) is 5.32 Å². The van der Waals surface area contributed by atoms with Crippen molar-refractivity contribution in [1.29, 1.82) is 0 Å². The third-order valence-electron chi connectivity index (χ3n) is 2.80. The van der Waals surface area contributed by atoms with Gasteiger partial charge in [0.25, 0.3) is 0 Å². The molecule has 0 aromatic heterocycles. The van der Waals surface area contributed by atoms with Crippen LogP contribution in [0.15, 0.2) is 0 Å². The summed E-state index contributed by atoms with van der Waals surface area (Å²) in [5.41, 5.74) is 5.72. The standard InChI is InChI=1S/C11H22N2O2.ClH/c1-8(2)10(12)11(14)13-7-9-5-3-4-6-15-9;/h8-10H,3-7,12H2,1-2H3,(H,13,14);1H. The molecule has 1 saturated heterocycles. The van der Waals surface area contributed by atoms with E-state index >= 15 is 0 Å². The second-order valence-corrected chi connectivity index (χ2v) is 4.50. The Hall–Kier alpha value is -0.320. The molecule has 5 heteroatoms. The molecule has 1 aliphatic rings. The van der Waals surface area contributed by atoms with E-state index in [1.807, 2.05) is 13.8 Å². The number of halogens is 1. The molecule has 0 saturated carbocycles.